The quantitative estimate of drug-likeness (QED) is 0.797. The molecular weight excluding hydrogens is 206 g/mol. The minimum absolute atomic E-state index is 0.150. The van der Waals surface area contributed by atoms with E-state index in [-0.39, 0.29) is 12.3 Å². The molecule has 0 unspecified atom stereocenters. The van der Waals surface area contributed by atoms with Crippen molar-refractivity contribution in [1.82, 2.24) is 0 Å². The summed E-state index contributed by atoms with van der Waals surface area (Å²) >= 11 is 0. The van der Waals surface area contributed by atoms with Crippen LogP contribution in [0, 0.1) is 13.8 Å². The Labute approximate surface area is 93.3 Å². The molecule has 16 heavy (non-hydrogen) atoms. The number of nitrogens with one attached hydrogen (secondary N) is 1. The second kappa shape index (κ2) is 3.63. The summed E-state index contributed by atoms with van der Waals surface area (Å²) in [6.07, 6.45) is -0.150. The van der Waals surface area contributed by atoms with Crippen molar-refractivity contribution >= 4 is 17.6 Å². The molecule has 0 saturated carbocycles. The van der Waals surface area contributed by atoms with Gasteiger partial charge in [-0.3, -0.25) is 9.59 Å². The molecule has 0 aliphatic carbocycles. The average Bonchev–Trinajstić information content (AvgIpc) is 2.51. The number of carbonyl (C=O) groups excluding carboxylic acids is 1. The lowest BCUT2D eigenvalue weighted by Gasteiger charge is -2.09. The molecule has 4 nitrogen and oxygen atoms in total. The van der Waals surface area contributed by atoms with Crippen LogP contribution in [0.2, 0.25) is 0 Å². The smallest absolute Gasteiger partial charge is 0.304 e. The van der Waals surface area contributed by atoms with E-state index in [0.29, 0.717) is 0 Å². The fourth-order valence-corrected chi connectivity index (χ4v) is 2.16. The maximum Gasteiger partial charge on any atom is 0.304 e. The monoisotopic (exact) mass is 219 g/mol. The number of carboxylic acid groups (broad SMARTS) is 1. The first-order valence-electron chi connectivity index (χ1n) is 5.13. The molecule has 1 amide bonds. The Hall–Kier alpha value is -1.84. The van der Waals surface area contributed by atoms with Crippen LogP contribution in [-0.2, 0) is 9.59 Å². The predicted octanol–water partition coefficient (Wildman–Crippen LogP) is 1.81. The van der Waals surface area contributed by atoms with Gasteiger partial charge in [-0.15, -0.1) is 0 Å². The number of hydrogen-bond donors (Lipinski definition) is 2. The number of carboxylic acids is 1. The van der Waals surface area contributed by atoms with E-state index < -0.39 is 11.9 Å². The first-order chi connectivity index (χ1) is 7.50. The van der Waals surface area contributed by atoms with Crippen molar-refractivity contribution in [1.29, 1.82) is 0 Å². The molecule has 1 aromatic carbocycles. The molecule has 4 heteroatoms. The van der Waals surface area contributed by atoms with Gasteiger partial charge in [-0.1, -0.05) is 12.1 Å². The van der Waals surface area contributed by atoms with E-state index in [1.807, 2.05) is 26.0 Å². The topological polar surface area (TPSA) is 66.4 Å². The van der Waals surface area contributed by atoms with Gasteiger partial charge >= 0.3 is 5.97 Å². The lowest BCUT2D eigenvalue weighted by Crippen LogP contribution is -2.15. The Bertz CT molecular complexity index is 479. The number of carbonyl (C=O) groups is 2. The lowest BCUT2D eigenvalue weighted by atomic mass is 9.92. The molecule has 1 heterocycles. The van der Waals surface area contributed by atoms with E-state index in [1.54, 1.807) is 0 Å². The fraction of sp³-hybridized carbons (Fsp3) is 0.333. The average molecular weight is 219 g/mol. The van der Waals surface area contributed by atoms with E-state index in [2.05, 4.69) is 5.32 Å². The van der Waals surface area contributed by atoms with Crippen LogP contribution in [0.15, 0.2) is 12.1 Å². The number of amides is 1. The minimum atomic E-state index is -0.950. The van der Waals surface area contributed by atoms with Crippen LogP contribution in [0.5, 0.6) is 0 Å². The number of rotatable bonds is 2. The molecule has 0 aromatic heterocycles. The summed E-state index contributed by atoms with van der Waals surface area (Å²) in [5.41, 5.74) is 3.57. The second-order valence-corrected chi connectivity index (χ2v) is 4.13. The van der Waals surface area contributed by atoms with Crippen LogP contribution in [0.3, 0.4) is 0 Å². The van der Waals surface area contributed by atoms with Crippen molar-refractivity contribution in [3.8, 4) is 0 Å². The van der Waals surface area contributed by atoms with Gasteiger partial charge in [0.15, 0.2) is 0 Å². The Kier molecular flexibility index (Phi) is 2.42. The van der Waals surface area contributed by atoms with Gasteiger partial charge in [0.1, 0.15) is 0 Å². The summed E-state index contributed by atoms with van der Waals surface area (Å²) in [4.78, 5) is 22.4. The van der Waals surface area contributed by atoms with E-state index in [1.165, 1.54) is 0 Å². The van der Waals surface area contributed by atoms with E-state index in [4.69, 9.17) is 5.11 Å². The highest BCUT2D eigenvalue weighted by Gasteiger charge is 2.34. The molecule has 1 aliphatic heterocycles. The Morgan fingerprint density at radius 2 is 2.00 bits per heavy atom. The number of fused-ring (bicyclic) bond motifs is 1. The molecule has 84 valence electrons. The van der Waals surface area contributed by atoms with Crippen molar-refractivity contribution < 1.29 is 14.7 Å². The van der Waals surface area contributed by atoms with Gasteiger partial charge in [-0.2, -0.15) is 0 Å². The molecule has 0 spiro atoms. The second-order valence-electron chi connectivity index (χ2n) is 4.13. The van der Waals surface area contributed by atoms with Crippen LogP contribution >= 0.6 is 0 Å². The van der Waals surface area contributed by atoms with Crippen molar-refractivity contribution in [2.45, 2.75) is 26.2 Å². The SMILES string of the molecule is Cc1ccc(C)c2c1NC(=O)[C@@H]2CC(=O)O. The number of hydrogen-bond acceptors (Lipinski definition) is 2. The zero-order valence-electron chi connectivity index (χ0n) is 9.20. The summed E-state index contributed by atoms with van der Waals surface area (Å²) in [6.45, 7) is 3.80. The number of anilines is 1. The van der Waals surface area contributed by atoms with Crippen molar-refractivity contribution in [3.63, 3.8) is 0 Å². The van der Waals surface area contributed by atoms with Crippen molar-refractivity contribution in [2.75, 3.05) is 5.32 Å². The standard InChI is InChI=1S/C12H13NO3/c1-6-3-4-7(2)11-10(6)8(5-9(14)15)12(16)13-11/h3-4,8H,5H2,1-2H3,(H,13,16)(H,14,15)/t8-/m1/s1. The molecular formula is C12H13NO3. The molecule has 0 fully saturated rings. The highest BCUT2D eigenvalue weighted by atomic mass is 16.4. The van der Waals surface area contributed by atoms with E-state index in [9.17, 15) is 9.59 Å². The molecule has 1 aromatic rings. The lowest BCUT2D eigenvalue weighted by molar-refractivity contribution is -0.138. The highest BCUT2D eigenvalue weighted by molar-refractivity contribution is 6.05. The number of aryl methyl sites for hydroxylation is 2. The van der Waals surface area contributed by atoms with Gasteiger partial charge in [0.2, 0.25) is 5.91 Å². The fourth-order valence-electron chi connectivity index (χ4n) is 2.16. The first-order valence-corrected chi connectivity index (χ1v) is 5.13. The largest absolute Gasteiger partial charge is 0.481 e. The summed E-state index contributed by atoms with van der Waals surface area (Å²) in [7, 11) is 0. The van der Waals surface area contributed by atoms with Crippen LogP contribution in [0.25, 0.3) is 0 Å². The summed E-state index contributed by atoms with van der Waals surface area (Å²) in [5.74, 6) is -1.71. The molecule has 2 N–H and O–H groups in total. The maximum atomic E-state index is 11.7. The molecule has 2 rings (SSSR count). The van der Waals surface area contributed by atoms with Crippen LogP contribution in [0.1, 0.15) is 29.0 Å². The third kappa shape index (κ3) is 1.56. The summed E-state index contributed by atoms with van der Waals surface area (Å²) < 4.78 is 0. The summed E-state index contributed by atoms with van der Waals surface area (Å²) in [6, 6.07) is 3.85. The van der Waals surface area contributed by atoms with Crippen LogP contribution < -0.4 is 5.32 Å². The van der Waals surface area contributed by atoms with Gasteiger partial charge < -0.3 is 10.4 Å². The van der Waals surface area contributed by atoms with E-state index >= 15 is 0 Å². The molecule has 0 saturated heterocycles. The van der Waals surface area contributed by atoms with Gasteiger partial charge in [0.25, 0.3) is 0 Å². The first kappa shape index (κ1) is 10.7. The Morgan fingerprint density at radius 1 is 1.38 bits per heavy atom. The third-order valence-corrected chi connectivity index (χ3v) is 2.96. The van der Waals surface area contributed by atoms with Crippen molar-refractivity contribution in [2.24, 2.45) is 0 Å². The zero-order valence-corrected chi connectivity index (χ0v) is 9.20. The molecule has 1 aliphatic rings. The van der Waals surface area contributed by atoms with Crippen molar-refractivity contribution in [3.05, 3.63) is 28.8 Å². The van der Waals surface area contributed by atoms with Crippen LogP contribution in [-0.4, -0.2) is 17.0 Å². The zero-order chi connectivity index (χ0) is 11.9. The van der Waals surface area contributed by atoms with Crippen LogP contribution in [0.4, 0.5) is 5.69 Å². The third-order valence-electron chi connectivity index (χ3n) is 2.96. The van der Waals surface area contributed by atoms with Gasteiger partial charge in [-0.05, 0) is 30.5 Å². The summed E-state index contributed by atoms with van der Waals surface area (Å²) in [5, 5.41) is 11.6. The number of aliphatic carboxylic acids is 1. The maximum absolute atomic E-state index is 11.7. The molecule has 1 atom stereocenters. The highest BCUT2D eigenvalue weighted by Crippen LogP contribution is 2.38. The van der Waals surface area contributed by atoms with Gasteiger partial charge in [-0.25, -0.2) is 0 Å². The predicted molar refractivity (Wildman–Crippen MR) is 59.5 cm³/mol. The minimum Gasteiger partial charge on any atom is -0.481 e. The van der Waals surface area contributed by atoms with E-state index in [0.717, 1.165) is 22.4 Å². The molecule has 0 radical (unpaired) electrons. The molecule has 0 bridgehead atoms. The Morgan fingerprint density at radius 3 is 2.62 bits per heavy atom. The van der Waals surface area contributed by atoms with Gasteiger partial charge in [0.05, 0.1) is 12.3 Å². The number of benzene rings is 1. The van der Waals surface area contributed by atoms with Gasteiger partial charge in [0, 0.05) is 5.69 Å². The normalized spacial score (nSPS) is 18.1. The Balaban J connectivity index is 2.51.